The fourth-order valence-electron chi connectivity index (χ4n) is 2.58. The molecule has 6 heteroatoms. The molecule has 6 nitrogen and oxygen atoms in total. The molecule has 0 atom stereocenters. The number of aromatic carboxylic acids is 1. The number of carboxylic acids is 1. The minimum Gasteiger partial charge on any atom is -0.477 e. The van der Waals surface area contributed by atoms with Crippen molar-refractivity contribution in [2.45, 2.75) is 19.4 Å². The first-order valence-corrected chi connectivity index (χ1v) is 6.80. The molecule has 0 aliphatic carbocycles. The lowest BCUT2D eigenvalue weighted by atomic mass is 10.0. The molecule has 0 spiro atoms. The van der Waals surface area contributed by atoms with E-state index in [0.29, 0.717) is 13.1 Å². The number of aromatic nitrogens is 2. The topological polar surface area (TPSA) is 86.3 Å². The molecular weight excluding hydrogens is 270 g/mol. The highest BCUT2D eigenvalue weighted by molar-refractivity contribution is 5.95. The zero-order chi connectivity index (χ0) is 14.8. The maximum Gasteiger partial charge on any atom is 0.353 e. The summed E-state index contributed by atoms with van der Waals surface area (Å²) in [6, 6.07) is 9.35. The van der Waals surface area contributed by atoms with Gasteiger partial charge in [-0.1, -0.05) is 24.3 Å². The monoisotopic (exact) mass is 285 g/mol. The number of benzene rings is 1. The van der Waals surface area contributed by atoms with Crippen LogP contribution in [-0.4, -0.2) is 38.6 Å². The van der Waals surface area contributed by atoms with Crippen molar-refractivity contribution >= 4 is 11.9 Å². The predicted molar refractivity (Wildman–Crippen MR) is 75.1 cm³/mol. The van der Waals surface area contributed by atoms with Gasteiger partial charge in [-0.3, -0.25) is 9.89 Å². The Morgan fingerprint density at radius 2 is 2.00 bits per heavy atom. The molecule has 0 bridgehead atoms. The first-order valence-electron chi connectivity index (χ1n) is 6.80. The Bertz CT molecular complexity index is 693. The number of nitrogens with one attached hydrogen (secondary N) is 1. The van der Waals surface area contributed by atoms with E-state index in [0.717, 1.165) is 18.4 Å². The second-order valence-electron chi connectivity index (χ2n) is 5.07. The molecule has 0 saturated carbocycles. The number of hydrogen-bond donors (Lipinski definition) is 2. The molecule has 1 aromatic heterocycles. The molecule has 3 rings (SSSR count). The van der Waals surface area contributed by atoms with Crippen molar-refractivity contribution in [3.63, 3.8) is 0 Å². The summed E-state index contributed by atoms with van der Waals surface area (Å²) in [4.78, 5) is 25.0. The number of aryl methyl sites for hydroxylation is 1. The predicted octanol–water partition coefficient (Wildman–Crippen LogP) is 1.70. The smallest absolute Gasteiger partial charge is 0.353 e. The maximum atomic E-state index is 12.4. The largest absolute Gasteiger partial charge is 0.477 e. The Morgan fingerprint density at radius 3 is 2.71 bits per heavy atom. The van der Waals surface area contributed by atoms with Crippen LogP contribution in [0.25, 0.3) is 0 Å². The summed E-state index contributed by atoms with van der Waals surface area (Å²) in [5.41, 5.74) is 2.47. The quantitative estimate of drug-likeness (QED) is 0.879. The van der Waals surface area contributed by atoms with Gasteiger partial charge in [-0.05, 0) is 24.0 Å². The Balaban J connectivity index is 1.83. The average molecular weight is 285 g/mol. The normalized spacial score (nSPS) is 14.4. The van der Waals surface area contributed by atoms with E-state index >= 15 is 0 Å². The first kappa shape index (κ1) is 13.4. The molecule has 2 N–H and O–H groups in total. The van der Waals surface area contributed by atoms with E-state index in [1.807, 2.05) is 18.2 Å². The molecular formula is C15H15N3O3. The molecule has 108 valence electrons. The van der Waals surface area contributed by atoms with Crippen molar-refractivity contribution in [1.29, 1.82) is 0 Å². The standard InChI is InChI=1S/C15H15N3O3/c19-14(12-8-13(15(20)21)17-16-12)18-7-3-6-10-4-1-2-5-11(10)9-18/h1-2,4-5,8H,3,6-7,9H2,(H,16,17)(H,20,21). The van der Waals surface area contributed by atoms with Crippen molar-refractivity contribution in [2.24, 2.45) is 0 Å². The molecule has 1 aliphatic heterocycles. The van der Waals surface area contributed by atoms with Gasteiger partial charge in [0.05, 0.1) is 0 Å². The van der Waals surface area contributed by atoms with Gasteiger partial charge < -0.3 is 10.0 Å². The Morgan fingerprint density at radius 1 is 1.24 bits per heavy atom. The van der Waals surface area contributed by atoms with Crippen LogP contribution in [-0.2, 0) is 13.0 Å². The van der Waals surface area contributed by atoms with E-state index < -0.39 is 5.97 Å². The Hall–Kier alpha value is -2.63. The van der Waals surface area contributed by atoms with Gasteiger partial charge in [-0.2, -0.15) is 5.10 Å². The molecule has 0 saturated heterocycles. The fourth-order valence-corrected chi connectivity index (χ4v) is 2.58. The number of rotatable bonds is 2. The third-order valence-electron chi connectivity index (χ3n) is 3.67. The van der Waals surface area contributed by atoms with Crippen LogP contribution in [0, 0.1) is 0 Å². The number of fused-ring (bicyclic) bond motifs is 1. The summed E-state index contributed by atoms with van der Waals surface area (Å²) in [5.74, 6) is -1.36. The van der Waals surface area contributed by atoms with Gasteiger partial charge in [0, 0.05) is 19.2 Å². The zero-order valence-corrected chi connectivity index (χ0v) is 11.4. The van der Waals surface area contributed by atoms with Gasteiger partial charge in [0.25, 0.3) is 5.91 Å². The van der Waals surface area contributed by atoms with Crippen molar-refractivity contribution in [3.8, 4) is 0 Å². The summed E-state index contributed by atoms with van der Waals surface area (Å²) in [6.07, 6.45) is 1.83. The van der Waals surface area contributed by atoms with E-state index in [9.17, 15) is 9.59 Å². The van der Waals surface area contributed by atoms with Crippen LogP contribution in [0.3, 0.4) is 0 Å². The molecule has 2 heterocycles. The van der Waals surface area contributed by atoms with Gasteiger partial charge in [0.15, 0.2) is 5.69 Å². The van der Waals surface area contributed by atoms with Crippen LogP contribution in [0.5, 0.6) is 0 Å². The first-order chi connectivity index (χ1) is 10.1. The summed E-state index contributed by atoms with van der Waals surface area (Å²) in [6.45, 7) is 1.17. The zero-order valence-electron chi connectivity index (χ0n) is 11.4. The number of carbonyl (C=O) groups is 2. The van der Waals surface area contributed by atoms with Gasteiger partial charge in [0.2, 0.25) is 0 Å². The highest BCUT2D eigenvalue weighted by atomic mass is 16.4. The Labute approximate surface area is 121 Å². The number of H-pyrrole nitrogens is 1. The van der Waals surface area contributed by atoms with Gasteiger partial charge >= 0.3 is 5.97 Å². The highest BCUT2D eigenvalue weighted by Gasteiger charge is 2.22. The summed E-state index contributed by atoms with van der Waals surface area (Å²) < 4.78 is 0. The van der Waals surface area contributed by atoms with Crippen molar-refractivity contribution < 1.29 is 14.7 Å². The van der Waals surface area contributed by atoms with E-state index in [1.165, 1.54) is 11.6 Å². The lowest BCUT2D eigenvalue weighted by Crippen LogP contribution is -2.31. The second kappa shape index (κ2) is 5.40. The van der Waals surface area contributed by atoms with Crippen molar-refractivity contribution in [1.82, 2.24) is 15.1 Å². The summed E-state index contributed by atoms with van der Waals surface area (Å²) in [5, 5.41) is 15.0. The number of carbonyl (C=O) groups excluding carboxylic acids is 1. The minimum absolute atomic E-state index is 0.0754. The third-order valence-corrected chi connectivity index (χ3v) is 3.67. The molecule has 0 radical (unpaired) electrons. The van der Waals surface area contributed by atoms with Gasteiger partial charge in [0.1, 0.15) is 5.69 Å². The molecule has 2 aromatic rings. The Kier molecular flexibility index (Phi) is 3.43. The third kappa shape index (κ3) is 2.65. The summed E-state index contributed by atoms with van der Waals surface area (Å²) >= 11 is 0. The number of carboxylic acid groups (broad SMARTS) is 1. The van der Waals surface area contributed by atoms with E-state index in [1.54, 1.807) is 4.90 Å². The van der Waals surface area contributed by atoms with Crippen LogP contribution in [0.1, 0.15) is 38.5 Å². The number of amides is 1. The lowest BCUT2D eigenvalue weighted by molar-refractivity contribution is 0.0690. The summed E-state index contributed by atoms with van der Waals surface area (Å²) in [7, 11) is 0. The van der Waals surface area contributed by atoms with E-state index in [2.05, 4.69) is 16.3 Å². The number of hydrogen-bond acceptors (Lipinski definition) is 3. The molecule has 1 amide bonds. The molecule has 0 fully saturated rings. The van der Waals surface area contributed by atoms with Crippen molar-refractivity contribution in [2.75, 3.05) is 6.54 Å². The van der Waals surface area contributed by atoms with Crippen LogP contribution in [0.4, 0.5) is 0 Å². The van der Waals surface area contributed by atoms with E-state index in [4.69, 9.17) is 5.11 Å². The molecule has 1 aliphatic rings. The molecule has 1 aromatic carbocycles. The average Bonchev–Trinajstić information content (AvgIpc) is 2.87. The number of nitrogens with zero attached hydrogens (tertiary/aromatic N) is 2. The van der Waals surface area contributed by atoms with Crippen LogP contribution in [0.15, 0.2) is 30.3 Å². The van der Waals surface area contributed by atoms with E-state index in [-0.39, 0.29) is 17.3 Å². The molecule has 21 heavy (non-hydrogen) atoms. The van der Waals surface area contributed by atoms with Gasteiger partial charge in [-0.25, -0.2) is 4.79 Å². The minimum atomic E-state index is -1.12. The SMILES string of the molecule is O=C(O)c1cc(C(=O)N2CCCc3ccccc3C2)n[nH]1. The van der Waals surface area contributed by atoms with Crippen LogP contribution >= 0.6 is 0 Å². The number of aromatic amines is 1. The second-order valence-corrected chi connectivity index (χ2v) is 5.07. The van der Waals surface area contributed by atoms with Crippen LogP contribution in [0.2, 0.25) is 0 Å². The maximum absolute atomic E-state index is 12.4. The fraction of sp³-hybridized carbons (Fsp3) is 0.267. The van der Waals surface area contributed by atoms with Crippen LogP contribution < -0.4 is 0 Å². The van der Waals surface area contributed by atoms with Gasteiger partial charge in [-0.15, -0.1) is 0 Å². The van der Waals surface area contributed by atoms with Crippen molar-refractivity contribution in [3.05, 3.63) is 52.8 Å². The lowest BCUT2D eigenvalue weighted by Gasteiger charge is -2.19. The molecule has 0 unspecified atom stereocenters. The highest BCUT2D eigenvalue weighted by Crippen LogP contribution is 2.19.